The van der Waals surface area contributed by atoms with E-state index in [4.69, 9.17) is 5.73 Å². The van der Waals surface area contributed by atoms with Crippen LogP contribution in [0.2, 0.25) is 0 Å². The van der Waals surface area contributed by atoms with Gasteiger partial charge >= 0.3 is 5.97 Å². The molecular weight excluding hydrogens is 270 g/mol. The van der Waals surface area contributed by atoms with Crippen molar-refractivity contribution in [3.05, 3.63) is 23.4 Å². The van der Waals surface area contributed by atoms with E-state index in [0.717, 1.165) is 37.9 Å². The molecule has 0 bridgehead atoms. The van der Waals surface area contributed by atoms with E-state index in [2.05, 4.69) is 4.98 Å². The van der Waals surface area contributed by atoms with E-state index in [-0.39, 0.29) is 17.4 Å². The van der Waals surface area contributed by atoms with Crippen molar-refractivity contribution in [3.8, 4) is 0 Å². The standard InChI is InChI=1S/C15H21N3O3/c1-2-4-12-7-11(15(20)21)8-13(17-12)18-6-3-5-10(9-18)14(16)19/h7-8,10H,2-6,9H2,1H3,(H2,16,19)(H,20,21). The normalized spacial score (nSPS) is 18.5. The van der Waals surface area contributed by atoms with Gasteiger partial charge in [-0.25, -0.2) is 9.78 Å². The topological polar surface area (TPSA) is 96.5 Å². The zero-order valence-corrected chi connectivity index (χ0v) is 12.2. The quantitative estimate of drug-likeness (QED) is 0.855. The number of aromatic carboxylic acids is 1. The van der Waals surface area contributed by atoms with Crippen molar-refractivity contribution in [3.63, 3.8) is 0 Å². The van der Waals surface area contributed by atoms with Crippen molar-refractivity contribution in [2.75, 3.05) is 18.0 Å². The summed E-state index contributed by atoms with van der Waals surface area (Å²) >= 11 is 0. The molecule has 6 nitrogen and oxygen atoms in total. The summed E-state index contributed by atoms with van der Waals surface area (Å²) in [5.74, 6) is -0.824. The number of carbonyl (C=O) groups excluding carboxylic acids is 1. The van der Waals surface area contributed by atoms with Crippen LogP contribution in [-0.4, -0.2) is 35.1 Å². The Morgan fingerprint density at radius 3 is 2.86 bits per heavy atom. The van der Waals surface area contributed by atoms with Gasteiger partial charge in [-0.15, -0.1) is 0 Å². The van der Waals surface area contributed by atoms with Crippen LogP contribution in [-0.2, 0) is 11.2 Å². The molecule has 3 N–H and O–H groups in total. The number of aryl methyl sites for hydroxylation is 1. The summed E-state index contributed by atoms with van der Waals surface area (Å²) in [4.78, 5) is 29.1. The first-order valence-corrected chi connectivity index (χ1v) is 7.29. The Labute approximate surface area is 124 Å². The number of nitrogens with zero attached hydrogens (tertiary/aromatic N) is 2. The second-order valence-corrected chi connectivity index (χ2v) is 5.45. The summed E-state index contributed by atoms with van der Waals surface area (Å²) in [5.41, 5.74) is 6.40. The van der Waals surface area contributed by atoms with Crippen molar-refractivity contribution < 1.29 is 14.7 Å². The van der Waals surface area contributed by atoms with Crippen LogP contribution in [0.3, 0.4) is 0 Å². The summed E-state index contributed by atoms with van der Waals surface area (Å²) in [6, 6.07) is 3.19. The SMILES string of the molecule is CCCc1cc(C(=O)O)cc(N2CCCC(C(N)=O)C2)n1. The van der Waals surface area contributed by atoms with Gasteiger partial charge in [0.25, 0.3) is 0 Å². The number of amides is 1. The van der Waals surface area contributed by atoms with Crippen LogP contribution in [0.1, 0.15) is 42.2 Å². The Morgan fingerprint density at radius 2 is 2.24 bits per heavy atom. The Kier molecular flexibility index (Phi) is 4.77. The maximum absolute atomic E-state index is 11.4. The molecule has 0 aliphatic carbocycles. The molecule has 0 spiro atoms. The maximum atomic E-state index is 11.4. The highest BCUT2D eigenvalue weighted by Crippen LogP contribution is 2.23. The molecule has 114 valence electrons. The van der Waals surface area contributed by atoms with Crippen molar-refractivity contribution in [1.29, 1.82) is 0 Å². The molecule has 1 atom stereocenters. The number of carbonyl (C=O) groups is 2. The Balaban J connectivity index is 2.28. The molecule has 1 aliphatic rings. The first kappa shape index (κ1) is 15.3. The number of rotatable bonds is 5. The Bertz CT molecular complexity index is 545. The predicted octanol–water partition coefficient (Wildman–Crippen LogP) is 1.43. The van der Waals surface area contributed by atoms with E-state index in [9.17, 15) is 14.7 Å². The molecule has 1 amide bonds. The first-order chi connectivity index (χ1) is 10.0. The molecule has 6 heteroatoms. The van der Waals surface area contributed by atoms with Crippen molar-refractivity contribution >= 4 is 17.7 Å². The van der Waals surface area contributed by atoms with E-state index in [1.54, 1.807) is 12.1 Å². The summed E-state index contributed by atoms with van der Waals surface area (Å²) in [6.07, 6.45) is 3.28. The molecule has 21 heavy (non-hydrogen) atoms. The number of carboxylic acids is 1. The molecule has 1 unspecified atom stereocenters. The van der Waals surface area contributed by atoms with Gasteiger partial charge in [-0.3, -0.25) is 4.79 Å². The lowest BCUT2D eigenvalue weighted by Crippen LogP contribution is -2.41. The van der Waals surface area contributed by atoms with Gasteiger partial charge in [0, 0.05) is 18.8 Å². The van der Waals surface area contributed by atoms with E-state index >= 15 is 0 Å². The van der Waals surface area contributed by atoms with Crippen LogP contribution < -0.4 is 10.6 Å². The van der Waals surface area contributed by atoms with Crippen LogP contribution in [0.4, 0.5) is 5.82 Å². The highest BCUT2D eigenvalue weighted by atomic mass is 16.4. The molecule has 1 aromatic heterocycles. The lowest BCUT2D eigenvalue weighted by molar-refractivity contribution is -0.122. The lowest BCUT2D eigenvalue weighted by Gasteiger charge is -2.32. The molecule has 0 aromatic carbocycles. The number of nitrogens with two attached hydrogens (primary N) is 1. The van der Waals surface area contributed by atoms with E-state index in [0.29, 0.717) is 12.4 Å². The van der Waals surface area contributed by atoms with Crippen molar-refractivity contribution in [1.82, 2.24) is 4.98 Å². The predicted molar refractivity (Wildman–Crippen MR) is 79.3 cm³/mol. The molecule has 0 radical (unpaired) electrons. The molecule has 1 fully saturated rings. The first-order valence-electron chi connectivity index (χ1n) is 7.29. The summed E-state index contributed by atoms with van der Waals surface area (Å²) in [6.45, 7) is 3.31. The molecule has 1 saturated heterocycles. The zero-order chi connectivity index (χ0) is 15.4. The number of aromatic nitrogens is 1. The van der Waals surface area contributed by atoms with Crippen LogP contribution in [0.25, 0.3) is 0 Å². The average molecular weight is 291 g/mol. The highest BCUT2D eigenvalue weighted by Gasteiger charge is 2.25. The minimum absolute atomic E-state index is 0.191. The van der Waals surface area contributed by atoms with Gasteiger partial charge in [-0.2, -0.15) is 0 Å². The molecule has 0 saturated carbocycles. The number of hydrogen-bond acceptors (Lipinski definition) is 4. The van der Waals surface area contributed by atoms with Crippen LogP contribution in [0.5, 0.6) is 0 Å². The van der Waals surface area contributed by atoms with Gasteiger partial charge in [0.15, 0.2) is 0 Å². The van der Waals surface area contributed by atoms with Crippen LogP contribution in [0.15, 0.2) is 12.1 Å². The number of carboxylic acid groups (broad SMARTS) is 1. The second kappa shape index (κ2) is 6.56. The summed E-state index contributed by atoms with van der Waals surface area (Å²) in [5, 5.41) is 9.22. The molecular formula is C15H21N3O3. The Morgan fingerprint density at radius 1 is 1.48 bits per heavy atom. The van der Waals surface area contributed by atoms with Crippen LogP contribution in [0, 0.1) is 5.92 Å². The van der Waals surface area contributed by atoms with Gasteiger partial charge in [0.1, 0.15) is 5.82 Å². The number of primary amides is 1. The minimum atomic E-state index is -0.959. The average Bonchev–Trinajstić information content (AvgIpc) is 2.47. The number of anilines is 1. The van der Waals surface area contributed by atoms with Gasteiger partial charge in [0.2, 0.25) is 5.91 Å². The fourth-order valence-electron chi connectivity index (χ4n) is 2.66. The second-order valence-electron chi connectivity index (χ2n) is 5.45. The van der Waals surface area contributed by atoms with Crippen molar-refractivity contribution in [2.45, 2.75) is 32.6 Å². The third-order valence-electron chi connectivity index (χ3n) is 3.77. The largest absolute Gasteiger partial charge is 0.478 e. The smallest absolute Gasteiger partial charge is 0.335 e. The molecule has 1 aromatic rings. The third-order valence-corrected chi connectivity index (χ3v) is 3.77. The lowest BCUT2D eigenvalue weighted by atomic mass is 9.97. The Hall–Kier alpha value is -2.11. The van der Waals surface area contributed by atoms with Gasteiger partial charge in [-0.1, -0.05) is 13.3 Å². The number of piperidine rings is 1. The van der Waals surface area contributed by atoms with E-state index in [1.807, 2.05) is 11.8 Å². The molecule has 1 aliphatic heterocycles. The number of hydrogen-bond donors (Lipinski definition) is 2. The maximum Gasteiger partial charge on any atom is 0.335 e. The van der Waals surface area contributed by atoms with Gasteiger partial charge in [0.05, 0.1) is 11.5 Å². The van der Waals surface area contributed by atoms with Crippen molar-refractivity contribution in [2.24, 2.45) is 11.7 Å². The summed E-state index contributed by atoms with van der Waals surface area (Å²) < 4.78 is 0. The zero-order valence-electron chi connectivity index (χ0n) is 12.2. The van der Waals surface area contributed by atoms with E-state index < -0.39 is 5.97 Å². The fourth-order valence-corrected chi connectivity index (χ4v) is 2.66. The molecule has 2 heterocycles. The van der Waals surface area contributed by atoms with Gasteiger partial charge in [-0.05, 0) is 31.4 Å². The summed E-state index contributed by atoms with van der Waals surface area (Å²) in [7, 11) is 0. The number of pyridine rings is 1. The minimum Gasteiger partial charge on any atom is -0.478 e. The highest BCUT2D eigenvalue weighted by molar-refractivity contribution is 5.88. The van der Waals surface area contributed by atoms with E-state index in [1.165, 1.54) is 0 Å². The van der Waals surface area contributed by atoms with Gasteiger partial charge < -0.3 is 15.7 Å². The molecule has 2 rings (SSSR count). The third kappa shape index (κ3) is 3.71. The van der Waals surface area contributed by atoms with Crippen LogP contribution >= 0.6 is 0 Å². The fraction of sp³-hybridized carbons (Fsp3) is 0.533. The monoisotopic (exact) mass is 291 g/mol.